The fourth-order valence-electron chi connectivity index (χ4n) is 5.36. The molecule has 0 aromatic heterocycles. The molecule has 0 spiro atoms. The molecule has 2 fully saturated rings. The van der Waals surface area contributed by atoms with Crippen LogP contribution in [0.15, 0.2) is 55.1 Å². The van der Waals surface area contributed by atoms with Gasteiger partial charge in [0, 0.05) is 57.3 Å². The van der Waals surface area contributed by atoms with E-state index in [4.69, 9.17) is 0 Å². The zero-order chi connectivity index (χ0) is 23.3. The topological polar surface area (TPSA) is 26.8 Å². The molecule has 2 aliphatic heterocycles. The van der Waals surface area contributed by atoms with Gasteiger partial charge in [0.2, 0.25) is 5.91 Å². The second-order valence-electron chi connectivity index (χ2n) is 9.69. The smallest absolute Gasteiger partial charge is 0.219 e. The number of piperazine rings is 1. The molecule has 0 bridgehead atoms. The van der Waals surface area contributed by atoms with Gasteiger partial charge >= 0.3 is 0 Å². The third-order valence-corrected chi connectivity index (χ3v) is 7.60. The zero-order valence-electron chi connectivity index (χ0n) is 20.7. The molecule has 174 valence electrons. The lowest BCUT2D eigenvalue weighted by Crippen LogP contribution is -2.62. The van der Waals surface area contributed by atoms with E-state index in [2.05, 4.69) is 79.6 Å². The van der Waals surface area contributed by atoms with Gasteiger partial charge in [0.15, 0.2) is 0 Å². The van der Waals surface area contributed by atoms with Gasteiger partial charge < -0.3 is 4.90 Å². The minimum atomic E-state index is 0.206. The summed E-state index contributed by atoms with van der Waals surface area (Å²) >= 11 is 0. The highest BCUT2D eigenvalue weighted by Gasteiger charge is 2.40. The molecule has 0 saturated carbocycles. The second kappa shape index (κ2) is 10.6. The maximum absolute atomic E-state index is 11.7. The molecule has 4 nitrogen and oxygen atoms in total. The summed E-state index contributed by atoms with van der Waals surface area (Å²) in [5.74, 6) is 0.211. The number of hydrogen-bond donors (Lipinski definition) is 0. The van der Waals surface area contributed by atoms with Crippen molar-refractivity contribution in [2.75, 3.05) is 32.7 Å². The van der Waals surface area contributed by atoms with E-state index in [1.54, 1.807) is 6.92 Å². The largest absolute Gasteiger partial charge is 0.343 e. The fraction of sp³-hybridized carbons (Fsp3) is 0.536. The first-order valence-electron chi connectivity index (χ1n) is 12.1. The first-order chi connectivity index (χ1) is 15.3. The van der Waals surface area contributed by atoms with E-state index < -0.39 is 0 Å². The Kier molecular flexibility index (Phi) is 8.13. The molecule has 2 saturated heterocycles. The fourth-order valence-corrected chi connectivity index (χ4v) is 5.36. The summed E-state index contributed by atoms with van der Waals surface area (Å²) in [7, 11) is 0. The van der Waals surface area contributed by atoms with Crippen molar-refractivity contribution in [1.82, 2.24) is 14.7 Å². The predicted molar refractivity (Wildman–Crippen MR) is 135 cm³/mol. The van der Waals surface area contributed by atoms with Gasteiger partial charge in [-0.2, -0.15) is 0 Å². The molecule has 32 heavy (non-hydrogen) atoms. The summed E-state index contributed by atoms with van der Waals surface area (Å²) in [6.45, 7) is 19.7. The van der Waals surface area contributed by atoms with Gasteiger partial charge in [-0.3, -0.25) is 14.6 Å². The third-order valence-electron chi connectivity index (χ3n) is 7.60. The molecule has 4 heteroatoms. The molecule has 0 N–H and O–H groups in total. The van der Waals surface area contributed by atoms with Crippen LogP contribution in [0.5, 0.6) is 0 Å². The van der Waals surface area contributed by atoms with Crippen molar-refractivity contribution >= 4 is 11.5 Å². The Labute approximate surface area is 195 Å². The summed E-state index contributed by atoms with van der Waals surface area (Å²) in [5.41, 5.74) is 3.99. The third kappa shape index (κ3) is 5.41. The number of carbonyl (C=O) groups excluding carboxylic acids is 1. The molecular weight excluding hydrogens is 394 g/mol. The normalized spacial score (nSPS) is 24.0. The van der Waals surface area contributed by atoms with Crippen molar-refractivity contribution in [1.29, 1.82) is 0 Å². The van der Waals surface area contributed by atoms with Crippen molar-refractivity contribution in [2.24, 2.45) is 0 Å². The van der Waals surface area contributed by atoms with E-state index in [0.717, 1.165) is 45.6 Å². The van der Waals surface area contributed by atoms with E-state index >= 15 is 0 Å². The Morgan fingerprint density at radius 3 is 2.34 bits per heavy atom. The number of piperidine rings is 1. The molecule has 2 aliphatic rings. The van der Waals surface area contributed by atoms with Crippen molar-refractivity contribution < 1.29 is 4.79 Å². The van der Waals surface area contributed by atoms with Crippen molar-refractivity contribution in [2.45, 2.75) is 65.1 Å². The van der Waals surface area contributed by atoms with Crippen LogP contribution in [0.3, 0.4) is 0 Å². The number of carbonyl (C=O) groups is 1. The number of allylic oxidation sites excluding steroid dienone is 5. The molecule has 0 unspecified atom stereocenters. The lowest BCUT2D eigenvalue weighted by molar-refractivity contribution is -0.132. The Morgan fingerprint density at radius 1 is 1.16 bits per heavy atom. The highest BCUT2D eigenvalue weighted by Crippen LogP contribution is 2.33. The van der Waals surface area contributed by atoms with Gasteiger partial charge in [0.25, 0.3) is 0 Å². The van der Waals surface area contributed by atoms with Crippen LogP contribution in [0, 0.1) is 0 Å². The van der Waals surface area contributed by atoms with Crippen molar-refractivity contribution in [3.05, 3.63) is 66.3 Å². The Balaban J connectivity index is 1.63. The molecule has 0 radical (unpaired) electrons. The highest BCUT2D eigenvalue weighted by molar-refractivity contribution is 5.75. The lowest BCUT2D eigenvalue weighted by atomic mass is 9.86. The van der Waals surface area contributed by atoms with Crippen LogP contribution in [0.1, 0.15) is 64.6 Å². The molecule has 3 rings (SSSR count). The van der Waals surface area contributed by atoms with Gasteiger partial charge in [0.05, 0.1) is 0 Å². The average Bonchev–Trinajstić information content (AvgIpc) is 2.79. The van der Waals surface area contributed by atoms with Crippen molar-refractivity contribution in [3.63, 3.8) is 0 Å². The summed E-state index contributed by atoms with van der Waals surface area (Å²) in [6, 6.07) is 9.90. The molecule has 2 heterocycles. The van der Waals surface area contributed by atoms with E-state index in [-0.39, 0.29) is 11.4 Å². The molecule has 2 atom stereocenters. The van der Waals surface area contributed by atoms with Gasteiger partial charge in [-0.05, 0) is 57.2 Å². The minimum Gasteiger partial charge on any atom is -0.343 e. The van der Waals surface area contributed by atoms with E-state index in [1.807, 2.05) is 17.9 Å². The number of benzene rings is 1. The number of amides is 1. The Bertz CT molecular complexity index is 846. The van der Waals surface area contributed by atoms with Gasteiger partial charge in [-0.15, -0.1) is 0 Å². The number of likely N-dealkylation sites (tertiary alicyclic amines) is 1. The molecule has 1 amide bonds. The molecule has 1 aromatic carbocycles. The van der Waals surface area contributed by atoms with Crippen LogP contribution in [0.4, 0.5) is 0 Å². The number of hydrogen-bond acceptors (Lipinski definition) is 3. The standard InChI is InChI=1S/C28H41N3O/c1-7-9-26(10-8-2)27-13-11-25(12-14-27)23(4)31-20-19-30(21-22(31)3)28(6)15-17-29(18-16-28)24(5)32/h7-14,22-23H,1,15-21H2,2-6H3/b10-8-,26-9+/t22-,23+/m1/s1. The number of rotatable bonds is 6. The van der Waals surface area contributed by atoms with Crippen LogP contribution in [-0.2, 0) is 4.79 Å². The maximum atomic E-state index is 11.7. The van der Waals surface area contributed by atoms with E-state index in [0.29, 0.717) is 12.1 Å². The summed E-state index contributed by atoms with van der Waals surface area (Å²) < 4.78 is 0. The van der Waals surface area contributed by atoms with Gasteiger partial charge in [0.1, 0.15) is 0 Å². The number of nitrogens with zero attached hydrogens (tertiary/aromatic N) is 3. The second-order valence-corrected chi connectivity index (χ2v) is 9.69. The quantitative estimate of drug-likeness (QED) is 0.567. The maximum Gasteiger partial charge on any atom is 0.219 e. The average molecular weight is 436 g/mol. The van der Waals surface area contributed by atoms with Gasteiger partial charge in [-0.25, -0.2) is 0 Å². The summed E-state index contributed by atoms with van der Waals surface area (Å²) in [4.78, 5) is 19.0. The van der Waals surface area contributed by atoms with Crippen LogP contribution < -0.4 is 0 Å². The first-order valence-corrected chi connectivity index (χ1v) is 12.1. The lowest BCUT2D eigenvalue weighted by Gasteiger charge is -2.52. The summed E-state index contributed by atoms with van der Waals surface area (Å²) in [5, 5.41) is 0. The molecular formula is C28H41N3O. The highest BCUT2D eigenvalue weighted by atomic mass is 16.2. The predicted octanol–water partition coefficient (Wildman–Crippen LogP) is 5.30. The van der Waals surface area contributed by atoms with E-state index in [1.165, 1.54) is 16.7 Å². The molecule has 1 aromatic rings. The van der Waals surface area contributed by atoms with Crippen LogP contribution in [0.2, 0.25) is 0 Å². The minimum absolute atomic E-state index is 0.206. The first kappa shape index (κ1) is 24.5. The van der Waals surface area contributed by atoms with Crippen LogP contribution in [0.25, 0.3) is 5.57 Å². The summed E-state index contributed by atoms with van der Waals surface area (Å²) in [6.07, 6.45) is 10.2. The Hall–Kier alpha value is -2.17. The van der Waals surface area contributed by atoms with Crippen LogP contribution >= 0.6 is 0 Å². The zero-order valence-corrected chi connectivity index (χ0v) is 20.7. The van der Waals surface area contributed by atoms with Gasteiger partial charge in [-0.1, -0.05) is 55.1 Å². The van der Waals surface area contributed by atoms with E-state index in [9.17, 15) is 4.79 Å². The molecule has 0 aliphatic carbocycles. The Morgan fingerprint density at radius 2 is 1.81 bits per heavy atom. The van der Waals surface area contributed by atoms with Crippen LogP contribution in [-0.4, -0.2) is 64.9 Å². The van der Waals surface area contributed by atoms with Crippen molar-refractivity contribution in [3.8, 4) is 0 Å². The monoisotopic (exact) mass is 435 g/mol. The SMILES string of the molecule is C=C/C=C(\C=C/C)c1ccc([C@H](C)N2CCN(C3(C)CCN(C(C)=O)CC3)C[C@H]2C)cc1.